The Kier molecular flexibility index (Phi) is 8.11. The molecule has 1 aromatic heterocycles. The summed E-state index contributed by atoms with van der Waals surface area (Å²) in [5.74, 6) is 0. The van der Waals surface area contributed by atoms with Crippen molar-refractivity contribution in [3.63, 3.8) is 0 Å². The molecule has 0 saturated heterocycles. The number of hydrogen-bond donors (Lipinski definition) is 0. The number of rotatable bonds is 7. The molecule has 0 spiro atoms. The lowest BCUT2D eigenvalue weighted by molar-refractivity contribution is 0.768. The van der Waals surface area contributed by atoms with Gasteiger partial charge in [-0.1, -0.05) is 182 Å². The number of para-hydroxylation sites is 2. The van der Waals surface area contributed by atoms with E-state index in [-0.39, 0.29) is 0 Å². The van der Waals surface area contributed by atoms with Gasteiger partial charge < -0.3 is 9.47 Å². The standard InChI is InChI=1S/C59H40N2/c1-4-19-44(20-5-1)59(45-21-6-2-7-22-45)54-28-14-12-26-50(54)51-37-36-48(40-55(51)59)60(56-30-16-18-42-17-10-11-25-49(42)56)47-34-31-41(32-35-47)43-33-38-58-53(39-43)52-27-13-15-29-57(52)61(58)46-23-8-3-9-24-46/h1-40H. The van der Waals surface area contributed by atoms with Gasteiger partial charge in [0.1, 0.15) is 0 Å². The van der Waals surface area contributed by atoms with Crippen molar-refractivity contribution in [1.29, 1.82) is 0 Å². The highest BCUT2D eigenvalue weighted by Gasteiger charge is 2.46. The maximum Gasteiger partial charge on any atom is 0.0714 e. The molecule has 0 fully saturated rings. The average Bonchev–Trinajstić information content (AvgIpc) is 3.83. The summed E-state index contributed by atoms with van der Waals surface area (Å²) in [5, 5.41) is 4.91. The van der Waals surface area contributed by atoms with Gasteiger partial charge in [0.25, 0.3) is 0 Å². The number of anilines is 3. The van der Waals surface area contributed by atoms with Crippen LogP contribution in [0.1, 0.15) is 22.3 Å². The summed E-state index contributed by atoms with van der Waals surface area (Å²) in [6.07, 6.45) is 0. The molecule has 12 rings (SSSR count). The zero-order chi connectivity index (χ0) is 40.3. The average molecular weight is 777 g/mol. The van der Waals surface area contributed by atoms with Gasteiger partial charge in [0.05, 0.1) is 22.1 Å². The molecule has 0 N–H and O–H groups in total. The van der Waals surface area contributed by atoms with Gasteiger partial charge in [-0.05, 0) is 111 Å². The Morgan fingerprint density at radius 1 is 0.344 bits per heavy atom. The zero-order valence-corrected chi connectivity index (χ0v) is 33.5. The molecule has 61 heavy (non-hydrogen) atoms. The molecule has 0 bridgehead atoms. The molecule has 0 radical (unpaired) electrons. The van der Waals surface area contributed by atoms with Crippen molar-refractivity contribution < 1.29 is 0 Å². The van der Waals surface area contributed by atoms with Gasteiger partial charge in [0.15, 0.2) is 0 Å². The van der Waals surface area contributed by atoms with Crippen LogP contribution in [0.5, 0.6) is 0 Å². The van der Waals surface area contributed by atoms with Crippen molar-refractivity contribution in [2.75, 3.05) is 4.90 Å². The van der Waals surface area contributed by atoms with Crippen molar-refractivity contribution in [3.05, 3.63) is 265 Å². The highest BCUT2D eigenvalue weighted by atomic mass is 15.1. The van der Waals surface area contributed by atoms with E-state index in [2.05, 4.69) is 252 Å². The number of benzene rings is 10. The van der Waals surface area contributed by atoms with Crippen LogP contribution < -0.4 is 4.90 Å². The Balaban J connectivity index is 1.04. The van der Waals surface area contributed by atoms with Gasteiger partial charge in [0, 0.05) is 33.2 Å². The Hall–Kier alpha value is -7.94. The fourth-order valence-corrected chi connectivity index (χ4v) is 10.2. The topological polar surface area (TPSA) is 8.17 Å². The minimum Gasteiger partial charge on any atom is -0.310 e. The zero-order valence-electron chi connectivity index (χ0n) is 33.5. The quantitative estimate of drug-likeness (QED) is 0.156. The van der Waals surface area contributed by atoms with Crippen LogP contribution >= 0.6 is 0 Å². The lowest BCUT2D eigenvalue weighted by Gasteiger charge is -2.35. The molecule has 1 aliphatic carbocycles. The lowest BCUT2D eigenvalue weighted by Crippen LogP contribution is -2.28. The van der Waals surface area contributed by atoms with Crippen LogP contribution in [0, 0.1) is 0 Å². The van der Waals surface area contributed by atoms with Crippen molar-refractivity contribution in [1.82, 2.24) is 4.57 Å². The first-order valence-corrected chi connectivity index (χ1v) is 21.1. The maximum atomic E-state index is 2.46. The molecule has 2 nitrogen and oxygen atoms in total. The summed E-state index contributed by atoms with van der Waals surface area (Å²) >= 11 is 0. The largest absolute Gasteiger partial charge is 0.310 e. The smallest absolute Gasteiger partial charge is 0.0714 e. The van der Waals surface area contributed by atoms with Crippen molar-refractivity contribution >= 4 is 49.6 Å². The number of fused-ring (bicyclic) bond motifs is 7. The molecule has 0 saturated carbocycles. The second-order valence-corrected chi connectivity index (χ2v) is 16.1. The molecule has 0 aliphatic heterocycles. The third kappa shape index (κ3) is 5.43. The molecule has 2 heteroatoms. The molecule has 1 heterocycles. The minimum absolute atomic E-state index is 0.499. The van der Waals surface area contributed by atoms with E-state index in [4.69, 9.17) is 0 Å². The summed E-state index contributed by atoms with van der Waals surface area (Å²) in [5.41, 5.74) is 16.5. The van der Waals surface area contributed by atoms with E-state index < -0.39 is 5.41 Å². The third-order valence-corrected chi connectivity index (χ3v) is 12.9. The molecule has 0 unspecified atom stereocenters. The molecule has 10 aromatic carbocycles. The predicted octanol–water partition coefficient (Wildman–Crippen LogP) is 15.4. The SMILES string of the molecule is c1ccc(-n2c3ccccc3c3cc(-c4ccc(N(c5ccc6c(c5)C(c5ccccc5)(c5ccccc5)c5ccccc5-6)c5cccc6ccccc56)cc4)ccc32)cc1. The number of aromatic nitrogens is 1. The van der Waals surface area contributed by atoms with E-state index in [9.17, 15) is 0 Å². The first-order chi connectivity index (χ1) is 30.3. The summed E-state index contributed by atoms with van der Waals surface area (Å²) in [6, 6.07) is 89.0. The Morgan fingerprint density at radius 3 is 1.69 bits per heavy atom. The van der Waals surface area contributed by atoms with E-state index >= 15 is 0 Å². The minimum atomic E-state index is -0.499. The van der Waals surface area contributed by atoms with Gasteiger partial charge in [-0.25, -0.2) is 0 Å². The maximum absolute atomic E-state index is 2.46. The molecular formula is C59H40N2. The molecular weight excluding hydrogens is 737 g/mol. The van der Waals surface area contributed by atoms with Crippen molar-refractivity contribution in [3.8, 4) is 27.9 Å². The number of nitrogens with zero attached hydrogens (tertiary/aromatic N) is 2. The van der Waals surface area contributed by atoms with Gasteiger partial charge in [-0.3, -0.25) is 0 Å². The van der Waals surface area contributed by atoms with Crippen LogP contribution in [-0.2, 0) is 5.41 Å². The van der Waals surface area contributed by atoms with E-state index in [0.29, 0.717) is 0 Å². The van der Waals surface area contributed by atoms with E-state index in [0.717, 1.165) is 17.1 Å². The Bertz CT molecular complexity index is 3360. The van der Waals surface area contributed by atoms with Gasteiger partial charge in [-0.2, -0.15) is 0 Å². The van der Waals surface area contributed by atoms with Gasteiger partial charge in [-0.15, -0.1) is 0 Å². The molecule has 0 amide bonds. The van der Waals surface area contributed by atoms with Crippen LogP contribution in [0.2, 0.25) is 0 Å². The van der Waals surface area contributed by atoms with Crippen molar-refractivity contribution in [2.24, 2.45) is 0 Å². The summed E-state index contributed by atoms with van der Waals surface area (Å²) in [4.78, 5) is 2.45. The first-order valence-electron chi connectivity index (χ1n) is 21.1. The van der Waals surface area contributed by atoms with E-state index in [1.807, 2.05) is 0 Å². The van der Waals surface area contributed by atoms with Gasteiger partial charge in [0.2, 0.25) is 0 Å². The summed E-state index contributed by atoms with van der Waals surface area (Å²) in [6.45, 7) is 0. The monoisotopic (exact) mass is 776 g/mol. The van der Waals surface area contributed by atoms with Crippen LogP contribution in [0.15, 0.2) is 243 Å². The highest BCUT2D eigenvalue weighted by molar-refractivity contribution is 6.10. The highest BCUT2D eigenvalue weighted by Crippen LogP contribution is 2.57. The normalized spacial score (nSPS) is 12.7. The van der Waals surface area contributed by atoms with Crippen LogP contribution in [0.3, 0.4) is 0 Å². The Labute approximate surface area is 355 Å². The lowest BCUT2D eigenvalue weighted by atomic mass is 9.67. The Morgan fingerprint density at radius 2 is 0.918 bits per heavy atom. The van der Waals surface area contributed by atoms with E-state index in [1.165, 1.54) is 82.8 Å². The fourth-order valence-electron chi connectivity index (χ4n) is 10.2. The first kappa shape index (κ1) is 35.0. The third-order valence-electron chi connectivity index (χ3n) is 12.9. The summed E-state index contributed by atoms with van der Waals surface area (Å²) in [7, 11) is 0. The molecule has 286 valence electrons. The van der Waals surface area contributed by atoms with E-state index in [1.54, 1.807) is 0 Å². The van der Waals surface area contributed by atoms with Crippen LogP contribution in [0.4, 0.5) is 17.1 Å². The van der Waals surface area contributed by atoms with Crippen LogP contribution in [-0.4, -0.2) is 4.57 Å². The second kappa shape index (κ2) is 14.1. The fraction of sp³-hybridized carbons (Fsp3) is 0.0169. The van der Waals surface area contributed by atoms with Crippen molar-refractivity contribution in [2.45, 2.75) is 5.41 Å². The molecule has 11 aromatic rings. The second-order valence-electron chi connectivity index (χ2n) is 16.1. The van der Waals surface area contributed by atoms with Gasteiger partial charge >= 0.3 is 0 Å². The number of hydrogen-bond acceptors (Lipinski definition) is 1. The molecule has 1 aliphatic rings. The summed E-state index contributed by atoms with van der Waals surface area (Å²) < 4.78 is 2.37. The van der Waals surface area contributed by atoms with Crippen LogP contribution in [0.25, 0.3) is 60.5 Å². The molecule has 0 atom stereocenters. The predicted molar refractivity (Wildman–Crippen MR) is 256 cm³/mol.